The average molecular weight is 344 g/mol. The minimum absolute atomic E-state index is 0.196. The highest BCUT2D eigenvalue weighted by Crippen LogP contribution is 2.56. The van der Waals surface area contributed by atoms with Crippen molar-refractivity contribution in [3.63, 3.8) is 0 Å². The summed E-state index contributed by atoms with van der Waals surface area (Å²) >= 11 is 0. The fourth-order valence-corrected chi connectivity index (χ4v) is 9.35. The van der Waals surface area contributed by atoms with Gasteiger partial charge in [0.1, 0.15) is 0 Å². The molecule has 0 unspecified atom stereocenters. The van der Waals surface area contributed by atoms with Crippen LogP contribution in [-0.4, -0.2) is 23.5 Å². The van der Waals surface area contributed by atoms with Gasteiger partial charge in [-0.05, 0) is 93.3 Å². The number of nitrogens with one attached hydrogen (secondary N) is 1. The van der Waals surface area contributed by atoms with Gasteiger partial charge in [0.25, 0.3) is 5.91 Å². The van der Waals surface area contributed by atoms with Gasteiger partial charge in [0.2, 0.25) is 0 Å². The largest absolute Gasteiger partial charge is 0.346 e. The molecule has 0 heterocycles. The van der Waals surface area contributed by atoms with Crippen LogP contribution >= 0.6 is 0 Å². The molecule has 8 rings (SSSR count). The predicted octanol–water partition coefficient (Wildman–Crippen LogP) is 2.60. The van der Waals surface area contributed by atoms with E-state index in [9.17, 15) is 4.79 Å². The predicted molar refractivity (Wildman–Crippen MR) is 96.7 cm³/mol. The first-order chi connectivity index (χ1) is 12.1. The zero-order chi connectivity index (χ0) is 16.6. The zero-order valence-corrected chi connectivity index (χ0v) is 15.6. The Morgan fingerprint density at radius 3 is 1.56 bits per heavy atom. The molecule has 0 atom stereocenters. The van der Waals surface area contributed by atoms with Gasteiger partial charge in [-0.2, -0.15) is 0 Å². The van der Waals surface area contributed by atoms with Crippen molar-refractivity contribution in [1.29, 1.82) is 0 Å². The van der Waals surface area contributed by atoms with Crippen LogP contribution in [0.2, 0.25) is 0 Å². The lowest BCUT2D eigenvalue weighted by atomic mass is 9.53. The Hall–Kier alpha value is -0.570. The molecule has 8 fully saturated rings. The van der Waals surface area contributed by atoms with Crippen LogP contribution < -0.4 is 10.6 Å². The molecule has 8 aliphatic rings. The van der Waals surface area contributed by atoms with E-state index < -0.39 is 0 Å². The van der Waals surface area contributed by atoms with Crippen molar-refractivity contribution in [2.75, 3.05) is 6.54 Å². The van der Waals surface area contributed by atoms with Gasteiger partial charge in [-0.15, -0.1) is 0 Å². The minimum atomic E-state index is 0.196. The molecule has 0 aliphatic heterocycles. The standard InChI is InChI=1S/C22H34N2O/c25-20(24-22-10-17-4-18(11-22)6-19(5-17)12-22)13-23-21-7-14-1-15(8-21)3-16(2-14)9-21/h14-19,23H,1-13H2,(H,24,25)/p+1. The zero-order valence-electron chi connectivity index (χ0n) is 15.6. The SMILES string of the molecule is O=C(C[NH2+]C12CC3CC(CC(C3)C1)C2)NC12CC3CC(CC(C3)C1)C2. The third-order valence-electron chi connectivity index (χ3n) is 9.25. The van der Waals surface area contributed by atoms with E-state index in [1.165, 1.54) is 77.0 Å². The van der Waals surface area contributed by atoms with Gasteiger partial charge < -0.3 is 10.6 Å². The van der Waals surface area contributed by atoms with E-state index in [0.717, 1.165) is 35.5 Å². The molecule has 0 aromatic heterocycles. The first-order valence-electron chi connectivity index (χ1n) is 11.2. The number of nitrogens with two attached hydrogens (primary N) is 1. The van der Waals surface area contributed by atoms with Crippen molar-refractivity contribution < 1.29 is 10.1 Å². The lowest BCUT2D eigenvalue weighted by molar-refractivity contribution is -0.730. The lowest BCUT2D eigenvalue weighted by Crippen LogP contribution is -3.00. The van der Waals surface area contributed by atoms with Gasteiger partial charge in [0, 0.05) is 24.8 Å². The number of carbonyl (C=O) groups is 1. The summed E-state index contributed by atoms with van der Waals surface area (Å²) in [7, 11) is 0. The molecular weight excluding hydrogens is 308 g/mol. The van der Waals surface area contributed by atoms with E-state index in [4.69, 9.17) is 0 Å². The second kappa shape index (κ2) is 5.24. The maximum atomic E-state index is 12.9. The first kappa shape index (κ1) is 15.5. The summed E-state index contributed by atoms with van der Waals surface area (Å²) in [4.78, 5) is 12.9. The molecular formula is C22H35N2O+. The van der Waals surface area contributed by atoms with Gasteiger partial charge >= 0.3 is 0 Å². The fourth-order valence-electron chi connectivity index (χ4n) is 9.35. The Balaban J connectivity index is 1.10. The highest BCUT2D eigenvalue weighted by atomic mass is 16.2. The van der Waals surface area contributed by atoms with E-state index in [2.05, 4.69) is 10.6 Å². The van der Waals surface area contributed by atoms with Gasteiger partial charge in [0.15, 0.2) is 6.54 Å². The highest BCUT2D eigenvalue weighted by molar-refractivity contribution is 5.77. The van der Waals surface area contributed by atoms with Crippen molar-refractivity contribution in [1.82, 2.24) is 5.32 Å². The molecule has 0 aromatic rings. The van der Waals surface area contributed by atoms with E-state index in [-0.39, 0.29) is 5.54 Å². The molecule has 8 aliphatic carbocycles. The second-order valence-corrected chi connectivity index (χ2v) is 11.4. The van der Waals surface area contributed by atoms with E-state index in [1.807, 2.05) is 0 Å². The topological polar surface area (TPSA) is 45.7 Å². The summed E-state index contributed by atoms with van der Waals surface area (Å²) in [6, 6.07) is 0. The average Bonchev–Trinajstić information content (AvgIpc) is 2.50. The molecule has 8 bridgehead atoms. The van der Waals surface area contributed by atoms with Crippen molar-refractivity contribution in [3.05, 3.63) is 0 Å². The van der Waals surface area contributed by atoms with Crippen LogP contribution in [0, 0.1) is 35.5 Å². The van der Waals surface area contributed by atoms with E-state index in [1.54, 1.807) is 0 Å². The van der Waals surface area contributed by atoms with E-state index >= 15 is 0 Å². The van der Waals surface area contributed by atoms with Crippen molar-refractivity contribution in [3.8, 4) is 0 Å². The Labute approximate surface area is 152 Å². The third kappa shape index (κ3) is 2.59. The third-order valence-corrected chi connectivity index (χ3v) is 9.25. The summed E-state index contributed by atoms with van der Waals surface area (Å²) in [5.74, 6) is 6.03. The lowest BCUT2D eigenvalue weighted by Gasteiger charge is -2.57. The second-order valence-electron chi connectivity index (χ2n) is 11.4. The maximum Gasteiger partial charge on any atom is 0.275 e. The fraction of sp³-hybridized carbons (Fsp3) is 0.955. The molecule has 0 aromatic carbocycles. The Kier molecular flexibility index (Phi) is 3.25. The normalized spacial score (nSPS) is 54.9. The number of amides is 1. The smallest absolute Gasteiger partial charge is 0.275 e. The molecule has 1 amide bonds. The van der Waals surface area contributed by atoms with Gasteiger partial charge in [0.05, 0.1) is 5.54 Å². The molecule has 0 radical (unpaired) electrons. The van der Waals surface area contributed by atoms with Crippen LogP contribution in [0.1, 0.15) is 77.0 Å². The van der Waals surface area contributed by atoms with Crippen LogP contribution in [0.15, 0.2) is 0 Å². The number of hydrogen-bond acceptors (Lipinski definition) is 1. The van der Waals surface area contributed by atoms with Crippen LogP contribution in [0.4, 0.5) is 0 Å². The summed E-state index contributed by atoms with van der Waals surface area (Å²) in [6.07, 6.45) is 16.9. The van der Waals surface area contributed by atoms with Crippen molar-refractivity contribution >= 4 is 5.91 Å². The summed E-state index contributed by atoms with van der Waals surface area (Å²) in [6.45, 7) is 0.688. The number of rotatable bonds is 4. The van der Waals surface area contributed by atoms with Gasteiger partial charge in [-0.1, -0.05) is 0 Å². The quantitative estimate of drug-likeness (QED) is 0.810. The molecule has 8 saturated carbocycles. The van der Waals surface area contributed by atoms with Crippen molar-refractivity contribution in [2.24, 2.45) is 35.5 Å². The maximum absolute atomic E-state index is 12.9. The minimum Gasteiger partial charge on any atom is -0.346 e. The molecule has 0 saturated heterocycles. The van der Waals surface area contributed by atoms with Gasteiger partial charge in [-0.3, -0.25) is 4.79 Å². The number of quaternary nitrogens is 1. The number of hydrogen-bond donors (Lipinski definition) is 2. The molecule has 25 heavy (non-hydrogen) atoms. The van der Waals surface area contributed by atoms with Crippen LogP contribution in [-0.2, 0) is 4.79 Å². The summed E-state index contributed by atoms with van der Waals surface area (Å²) < 4.78 is 0. The molecule has 3 nitrogen and oxygen atoms in total. The highest BCUT2D eigenvalue weighted by Gasteiger charge is 2.54. The summed E-state index contributed by atoms with van der Waals surface area (Å²) in [5, 5.41) is 6.08. The Morgan fingerprint density at radius 1 is 0.720 bits per heavy atom. The summed E-state index contributed by atoms with van der Waals surface area (Å²) in [5.41, 5.74) is 0.634. The molecule has 138 valence electrons. The van der Waals surface area contributed by atoms with Crippen LogP contribution in [0.25, 0.3) is 0 Å². The van der Waals surface area contributed by atoms with Gasteiger partial charge in [-0.25, -0.2) is 0 Å². The molecule has 0 spiro atoms. The Bertz CT molecular complexity index is 512. The van der Waals surface area contributed by atoms with E-state index in [0.29, 0.717) is 18.0 Å². The molecule has 3 heteroatoms. The van der Waals surface area contributed by atoms with Crippen LogP contribution in [0.3, 0.4) is 0 Å². The van der Waals surface area contributed by atoms with Crippen LogP contribution in [0.5, 0.6) is 0 Å². The molecule has 3 N–H and O–H groups in total. The van der Waals surface area contributed by atoms with Crippen molar-refractivity contribution in [2.45, 2.75) is 88.1 Å². The first-order valence-corrected chi connectivity index (χ1v) is 11.2. The Morgan fingerprint density at radius 2 is 1.12 bits per heavy atom. The number of carbonyl (C=O) groups excluding carboxylic acids is 1. The monoisotopic (exact) mass is 343 g/mol.